The maximum Gasteiger partial charge on any atom is 0.244 e. The van der Waals surface area contributed by atoms with Crippen LogP contribution in [0.5, 0.6) is 0 Å². The molecule has 1 aromatic carbocycles. The molecule has 1 aromatic heterocycles. The molecule has 2 N–H and O–H groups in total. The van der Waals surface area contributed by atoms with Crippen molar-refractivity contribution < 1.29 is 4.74 Å². The fraction of sp³-hybridized carbons (Fsp3) is 0.400. The third-order valence-corrected chi connectivity index (χ3v) is 3.15. The molecule has 1 heterocycles. The molecule has 0 spiro atoms. The molecule has 0 atom stereocenters. The van der Waals surface area contributed by atoms with Gasteiger partial charge in [0.2, 0.25) is 5.95 Å². The zero-order chi connectivity index (χ0) is 15.1. The lowest BCUT2D eigenvalue weighted by Gasteiger charge is -2.09. The van der Waals surface area contributed by atoms with Crippen molar-refractivity contribution in [2.45, 2.75) is 20.3 Å². The van der Waals surface area contributed by atoms with Crippen molar-refractivity contribution in [3.8, 4) is 0 Å². The predicted molar refractivity (Wildman–Crippen MR) is 84.0 cm³/mol. The lowest BCUT2D eigenvalue weighted by molar-refractivity contribution is 0.197. The van der Waals surface area contributed by atoms with E-state index >= 15 is 0 Å². The minimum Gasteiger partial charge on any atom is -0.385 e. The summed E-state index contributed by atoms with van der Waals surface area (Å²) < 4.78 is 4.99. The molecule has 0 bridgehead atoms. The first-order valence-corrected chi connectivity index (χ1v) is 6.96. The zero-order valence-electron chi connectivity index (χ0n) is 12.7. The van der Waals surface area contributed by atoms with E-state index in [0.717, 1.165) is 18.7 Å². The molecular weight excluding hydrogens is 266 g/mol. The highest BCUT2D eigenvalue weighted by molar-refractivity contribution is 5.57. The van der Waals surface area contributed by atoms with Crippen LogP contribution in [0.15, 0.2) is 24.4 Å². The van der Waals surface area contributed by atoms with Gasteiger partial charge in [-0.05, 0) is 43.5 Å². The van der Waals surface area contributed by atoms with Crippen LogP contribution in [0.4, 0.5) is 17.5 Å². The lowest BCUT2D eigenvalue weighted by atomic mass is 10.1. The molecule has 0 saturated carbocycles. The largest absolute Gasteiger partial charge is 0.385 e. The summed E-state index contributed by atoms with van der Waals surface area (Å²) in [7, 11) is 1.69. The van der Waals surface area contributed by atoms with E-state index in [4.69, 9.17) is 4.74 Å². The molecule has 0 fully saturated rings. The van der Waals surface area contributed by atoms with E-state index in [1.54, 1.807) is 13.3 Å². The monoisotopic (exact) mass is 287 g/mol. The van der Waals surface area contributed by atoms with Gasteiger partial charge in [0, 0.05) is 25.9 Å². The third-order valence-electron chi connectivity index (χ3n) is 3.15. The van der Waals surface area contributed by atoms with Gasteiger partial charge in [-0.15, -0.1) is 5.10 Å². The minimum atomic E-state index is 0.514. The molecular formula is C15H21N5O. The van der Waals surface area contributed by atoms with Gasteiger partial charge >= 0.3 is 0 Å². The van der Waals surface area contributed by atoms with Crippen molar-refractivity contribution in [1.82, 2.24) is 15.2 Å². The van der Waals surface area contributed by atoms with Crippen LogP contribution in [0.2, 0.25) is 0 Å². The van der Waals surface area contributed by atoms with Gasteiger partial charge in [0.05, 0.1) is 6.20 Å². The minimum absolute atomic E-state index is 0.514. The molecule has 21 heavy (non-hydrogen) atoms. The smallest absolute Gasteiger partial charge is 0.244 e. The number of nitrogens with zero attached hydrogens (tertiary/aromatic N) is 3. The topological polar surface area (TPSA) is 72.0 Å². The SMILES string of the molecule is COCCCNc1nncc(Nc2ccc(C)c(C)c2)n1. The molecule has 0 saturated heterocycles. The Hall–Kier alpha value is -2.21. The first kappa shape index (κ1) is 15.2. The molecule has 0 aliphatic heterocycles. The average molecular weight is 287 g/mol. The maximum atomic E-state index is 4.99. The number of aromatic nitrogens is 3. The van der Waals surface area contributed by atoms with Crippen LogP contribution in [0.1, 0.15) is 17.5 Å². The summed E-state index contributed by atoms with van der Waals surface area (Å²) in [6.45, 7) is 5.64. The second-order valence-electron chi connectivity index (χ2n) is 4.86. The molecule has 2 rings (SSSR count). The Morgan fingerprint density at radius 2 is 2.05 bits per heavy atom. The molecule has 0 radical (unpaired) electrons. The Labute approximate surface area is 125 Å². The van der Waals surface area contributed by atoms with Crippen molar-refractivity contribution in [3.05, 3.63) is 35.5 Å². The molecule has 2 aromatic rings. The summed E-state index contributed by atoms with van der Waals surface area (Å²) in [5.41, 5.74) is 3.49. The number of anilines is 3. The van der Waals surface area contributed by atoms with Crippen LogP contribution in [0, 0.1) is 13.8 Å². The van der Waals surface area contributed by atoms with Crippen LogP contribution < -0.4 is 10.6 Å². The van der Waals surface area contributed by atoms with Crippen molar-refractivity contribution in [2.75, 3.05) is 30.9 Å². The van der Waals surface area contributed by atoms with Crippen LogP contribution >= 0.6 is 0 Å². The Balaban J connectivity index is 1.98. The molecule has 0 unspecified atom stereocenters. The van der Waals surface area contributed by atoms with E-state index in [1.807, 2.05) is 6.07 Å². The van der Waals surface area contributed by atoms with Gasteiger partial charge in [0.1, 0.15) is 0 Å². The quantitative estimate of drug-likeness (QED) is 0.763. The molecule has 6 nitrogen and oxygen atoms in total. The molecule has 0 aliphatic rings. The van der Waals surface area contributed by atoms with Gasteiger partial charge in [-0.1, -0.05) is 6.07 Å². The fourth-order valence-corrected chi connectivity index (χ4v) is 1.82. The van der Waals surface area contributed by atoms with Crippen molar-refractivity contribution in [3.63, 3.8) is 0 Å². The van der Waals surface area contributed by atoms with Gasteiger partial charge < -0.3 is 15.4 Å². The predicted octanol–water partition coefficient (Wildman–Crippen LogP) is 2.68. The number of aryl methyl sites for hydroxylation is 2. The second-order valence-corrected chi connectivity index (χ2v) is 4.86. The zero-order valence-corrected chi connectivity index (χ0v) is 12.7. The number of nitrogens with one attached hydrogen (secondary N) is 2. The summed E-state index contributed by atoms with van der Waals surface area (Å²) >= 11 is 0. The Kier molecular flexibility index (Phi) is 5.45. The first-order valence-electron chi connectivity index (χ1n) is 6.96. The summed E-state index contributed by atoms with van der Waals surface area (Å²) in [6.07, 6.45) is 2.50. The van der Waals surface area contributed by atoms with Crippen molar-refractivity contribution >= 4 is 17.5 Å². The molecule has 112 valence electrons. The molecule has 0 aliphatic carbocycles. The third kappa shape index (κ3) is 4.68. The van der Waals surface area contributed by atoms with Gasteiger partial charge in [-0.2, -0.15) is 10.1 Å². The summed E-state index contributed by atoms with van der Waals surface area (Å²) in [5.74, 6) is 1.18. The Morgan fingerprint density at radius 1 is 1.19 bits per heavy atom. The highest BCUT2D eigenvalue weighted by Crippen LogP contribution is 2.18. The highest BCUT2D eigenvalue weighted by atomic mass is 16.5. The number of rotatable bonds is 7. The normalized spacial score (nSPS) is 10.4. The molecule has 6 heteroatoms. The van der Waals surface area contributed by atoms with Gasteiger partial charge in [0.15, 0.2) is 5.82 Å². The Morgan fingerprint density at radius 3 is 2.81 bits per heavy atom. The lowest BCUT2D eigenvalue weighted by Crippen LogP contribution is -2.09. The number of hydrogen-bond acceptors (Lipinski definition) is 6. The van der Waals surface area contributed by atoms with E-state index in [1.165, 1.54) is 11.1 Å². The van der Waals surface area contributed by atoms with Crippen molar-refractivity contribution in [2.24, 2.45) is 0 Å². The van der Waals surface area contributed by atoms with Crippen LogP contribution in [0.25, 0.3) is 0 Å². The summed E-state index contributed by atoms with van der Waals surface area (Å²) in [5, 5.41) is 14.3. The maximum absolute atomic E-state index is 4.99. The van der Waals surface area contributed by atoms with Crippen LogP contribution in [0.3, 0.4) is 0 Å². The number of benzene rings is 1. The van der Waals surface area contributed by atoms with Gasteiger partial charge in [-0.25, -0.2) is 0 Å². The van der Waals surface area contributed by atoms with E-state index in [0.29, 0.717) is 18.4 Å². The highest BCUT2D eigenvalue weighted by Gasteiger charge is 2.02. The van der Waals surface area contributed by atoms with Gasteiger partial charge in [0.25, 0.3) is 0 Å². The average Bonchev–Trinajstić information content (AvgIpc) is 2.48. The van der Waals surface area contributed by atoms with Crippen molar-refractivity contribution in [1.29, 1.82) is 0 Å². The number of methoxy groups -OCH3 is 1. The van der Waals surface area contributed by atoms with E-state index in [-0.39, 0.29) is 0 Å². The van der Waals surface area contributed by atoms with Crippen LogP contribution in [-0.2, 0) is 4.74 Å². The van der Waals surface area contributed by atoms with Crippen LogP contribution in [-0.4, -0.2) is 35.4 Å². The summed E-state index contributed by atoms with van der Waals surface area (Å²) in [4.78, 5) is 4.38. The Bertz CT molecular complexity index is 588. The fourth-order valence-electron chi connectivity index (χ4n) is 1.82. The van der Waals surface area contributed by atoms with E-state index < -0.39 is 0 Å². The van der Waals surface area contributed by atoms with E-state index in [9.17, 15) is 0 Å². The summed E-state index contributed by atoms with van der Waals surface area (Å²) in [6, 6.07) is 6.19. The first-order chi connectivity index (χ1) is 10.2. The number of ether oxygens (including phenoxy) is 1. The van der Waals surface area contributed by atoms with E-state index in [2.05, 4.69) is 51.8 Å². The number of hydrogen-bond donors (Lipinski definition) is 2. The standard InChI is InChI=1S/C15H21N5O/c1-11-5-6-13(9-12(11)2)18-14-10-17-20-15(19-14)16-7-4-8-21-3/h5-6,9-10H,4,7-8H2,1-3H3,(H2,16,18,19,20). The van der Waals surface area contributed by atoms with Gasteiger partial charge in [-0.3, -0.25) is 0 Å². The second kappa shape index (κ2) is 7.54. The molecule has 0 amide bonds.